The van der Waals surface area contributed by atoms with E-state index in [0.29, 0.717) is 5.56 Å². The number of anilines is 2. The Kier molecular flexibility index (Phi) is 6.09. The van der Waals surface area contributed by atoms with Gasteiger partial charge in [0.05, 0.1) is 0 Å². The number of alkyl halides is 3. The highest BCUT2D eigenvalue weighted by Gasteiger charge is 2.36. The average Bonchev–Trinajstić information content (AvgIpc) is 3.01. The lowest BCUT2D eigenvalue weighted by molar-refractivity contribution is -0.141. The molecule has 0 aliphatic heterocycles. The maximum atomic E-state index is 13.8. The number of aryl methyl sites for hydroxylation is 2. The summed E-state index contributed by atoms with van der Waals surface area (Å²) in [6, 6.07) is 10.7. The van der Waals surface area contributed by atoms with Gasteiger partial charge in [0.2, 0.25) is 5.96 Å². The molecule has 0 unspecified atom stereocenters. The van der Waals surface area contributed by atoms with Crippen LogP contribution in [0.25, 0.3) is 0 Å². The number of aromatic amines is 1. The van der Waals surface area contributed by atoms with Crippen LogP contribution in [0, 0.1) is 26.6 Å². The quantitative estimate of drug-likeness (QED) is 0.301. The molecule has 0 saturated carbocycles. The van der Waals surface area contributed by atoms with Crippen molar-refractivity contribution in [3.63, 3.8) is 0 Å². The summed E-state index contributed by atoms with van der Waals surface area (Å²) >= 11 is 0. The molecule has 0 saturated heterocycles. The van der Waals surface area contributed by atoms with Crippen LogP contribution in [0.3, 0.4) is 0 Å². The molecule has 3 rings (SSSR count). The number of guanidine groups is 1. The van der Waals surface area contributed by atoms with Gasteiger partial charge in [-0.2, -0.15) is 23.3 Å². The number of carbonyl (C=O) groups excluding carboxylic acids is 1. The van der Waals surface area contributed by atoms with Crippen molar-refractivity contribution in [2.75, 3.05) is 10.6 Å². The number of hydrogen-bond acceptors (Lipinski definition) is 2. The highest BCUT2D eigenvalue weighted by atomic mass is 19.4. The molecule has 0 radical (unpaired) electrons. The molecule has 2 aromatic carbocycles. The highest BCUT2D eigenvalue weighted by Crippen LogP contribution is 2.32. The Morgan fingerprint density at radius 2 is 1.77 bits per heavy atom. The number of hydrogen-bond donors (Lipinski definition) is 3. The molecule has 0 atom stereocenters. The Hall–Kier alpha value is -3.69. The summed E-state index contributed by atoms with van der Waals surface area (Å²) in [5, 5.41) is 10.9. The Morgan fingerprint density at radius 1 is 1.03 bits per heavy atom. The van der Waals surface area contributed by atoms with E-state index < -0.39 is 23.6 Å². The van der Waals surface area contributed by atoms with Crippen LogP contribution in [0.15, 0.2) is 47.5 Å². The highest BCUT2D eigenvalue weighted by molar-refractivity contribution is 6.11. The maximum absolute atomic E-state index is 13.8. The molecule has 6 nitrogen and oxygen atoms in total. The molecule has 0 bridgehead atoms. The number of halogens is 4. The first-order chi connectivity index (χ1) is 14.5. The topological polar surface area (TPSA) is 82.2 Å². The minimum absolute atomic E-state index is 0.177. The molecule has 162 valence electrons. The van der Waals surface area contributed by atoms with Gasteiger partial charge in [-0.15, -0.1) is 0 Å². The number of nitrogens with zero attached hydrogens (tertiary/aromatic N) is 2. The van der Waals surface area contributed by atoms with E-state index in [1.165, 1.54) is 19.1 Å². The Labute approximate surface area is 175 Å². The summed E-state index contributed by atoms with van der Waals surface area (Å²) in [6.45, 7) is 4.70. The van der Waals surface area contributed by atoms with Gasteiger partial charge in [0.15, 0.2) is 5.82 Å². The fourth-order valence-corrected chi connectivity index (χ4v) is 2.88. The lowest BCUT2D eigenvalue weighted by Gasteiger charge is -2.12. The van der Waals surface area contributed by atoms with Gasteiger partial charge >= 0.3 is 6.18 Å². The zero-order valence-corrected chi connectivity index (χ0v) is 16.9. The van der Waals surface area contributed by atoms with Crippen LogP contribution >= 0.6 is 0 Å². The summed E-state index contributed by atoms with van der Waals surface area (Å²) < 4.78 is 53.0. The summed E-state index contributed by atoms with van der Waals surface area (Å²) in [4.78, 5) is 16.6. The molecule has 0 fully saturated rings. The van der Waals surface area contributed by atoms with Crippen LogP contribution < -0.4 is 10.6 Å². The monoisotopic (exact) mass is 433 g/mol. The second kappa shape index (κ2) is 8.58. The summed E-state index contributed by atoms with van der Waals surface area (Å²) in [5.41, 5.74) is 0.738. The van der Waals surface area contributed by atoms with Gasteiger partial charge in [-0.1, -0.05) is 17.7 Å². The molecule has 0 spiro atoms. The van der Waals surface area contributed by atoms with Crippen molar-refractivity contribution in [3.05, 3.63) is 76.2 Å². The van der Waals surface area contributed by atoms with Crippen LogP contribution in [0.1, 0.15) is 32.7 Å². The Morgan fingerprint density at radius 3 is 2.39 bits per heavy atom. The van der Waals surface area contributed by atoms with Crippen molar-refractivity contribution in [2.45, 2.75) is 26.9 Å². The molecule has 0 aliphatic carbocycles. The Bertz CT molecular complexity index is 1130. The van der Waals surface area contributed by atoms with Crippen molar-refractivity contribution < 1.29 is 22.4 Å². The number of nitrogens with one attached hydrogen (secondary N) is 3. The van der Waals surface area contributed by atoms with E-state index in [4.69, 9.17) is 0 Å². The van der Waals surface area contributed by atoms with E-state index in [1.807, 2.05) is 5.10 Å². The number of H-pyrrole nitrogens is 1. The minimum atomic E-state index is -4.63. The molecule has 3 aromatic rings. The first-order valence-electron chi connectivity index (χ1n) is 9.16. The third kappa shape index (κ3) is 5.47. The zero-order valence-electron chi connectivity index (χ0n) is 16.9. The molecule has 1 heterocycles. The fourth-order valence-electron chi connectivity index (χ4n) is 2.88. The SMILES string of the molecule is Cc1cc(F)cc(N/C(=N/C(=O)c2cccc(C)c2)Nc2n[nH]c(C(F)(F)F)c2C)c1. The number of aliphatic imine (C=N–C) groups is 1. The van der Waals surface area contributed by atoms with Gasteiger partial charge in [0, 0.05) is 16.8 Å². The van der Waals surface area contributed by atoms with E-state index in [1.54, 1.807) is 44.2 Å². The first-order valence-corrected chi connectivity index (χ1v) is 9.16. The molecular weight excluding hydrogens is 414 g/mol. The molecule has 1 amide bonds. The van der Waals surface area contributed by atoms with Crippen LogP contribution in [0.5, 0.6) is 0 Å². The number of amides is 1. The van der Waals surface area contributed by atoms with Crippen molar-refractivity contribution >= 4 is 23.4 Å². The lowest BCUT2D eigenvalue weighted by Crippen LogP contribution is -2.24. The van der Waals surface area contributed by atoms with E-state index >= 15 is 0 Å². The predicted octanol–water partition coefficient (Wildman–Crippen LogP) is 5.21. The first kappa shape index (κ1) is 22.0. The van der Waals surface area contributed by atoms with Crippen LogP contribution in [0.4, 0.5) is 29.1 Å². The molecule has 31 heavy (non-hydrogen) atoms. The molecule has 1 aromatic heterocycles. The van der Waals surface area contributed by atoms with Crippen molar-refractivity contribution in [3.8, 4) is 0 Å². The van der Waals surface area contributed by atoms with Gasteiger partial charge in [0.1, 0.15) is 11.5 Å². The maximum Gasteiger partial charge on any atom is 0.433 e. The van der Waals surface area contributed by atoms with Crippen molar-refractivity contribution in [1.82, 2.24) is 10.2 Å². The van der Waals surface area contributed by atoms with Gasteiger partial charge < -0.3 is 10.6 Å². The zero-order chi connectivity index (χ0) is 22.8. The standard InChI is InChI=1S/C21H19F4N5O/c1-11-5-4-6-14(7-11)19(31)28-20(26-16-9-12(2)8-15(22)10-16)27-18-13(3)17(29-30-18)21(23,24)25/h4-10H,1-3H3,(H3,26,27,28,29,30,31). The van der Waals surface area contributed by atoms with Gasteiger partial charge in [-0.3, -0.25) is 9.89 Å². The largest absolute Gasteiger partial charge is 0.433 e. The van der Waals surface area contributed by atoms with Gasteiger partial charge in [0.25, 0.3) is 5.91 Å². The smallest absolute Gasteiger partial charge is 0.326 e. The van der Waals surface area contributed by atoms with Gasteiger partial charge in [-0.25, -0.2) is 4.39 Å². The number of benzene rings is 2. The molecule has 10 heteroatoms. The van der Waals surface area contributed by atoms with E-state index in [-0.39, 0.29) is 28.6 Å². The van der Waals surface area contributed by atoms with E-state index in [0.717, 1.165) is 5.56 Å². The second-order valence-electron chi connectivity index (χ2n) is 6.97. The van der Waals surface area contributed by atoms with Crippen LogP contribution in [-0.2, 0) is 6.18 Å². The average molecular weight is 433 g/mol. The fraction of sp³-hybridized carbons (Fsp3) is 0.190. The van der Waals surface area contributed by atoms with Crippen molar-refractivity contribution in [1.29, 1.82) is 0 Å². The lowest BCUT2D eigenvalue weighted by atomic mass is 10.1. The summed E-state index contributed by atoms with van der Waals surface area (Å²) in [5.74, 6) is -1.55. The summed E-state index contributed by atoms with van der Waals surface area (Å²) in [7, 11) is 0. The minimum Gasteiger partial charge on any atom is -0.326 e. The second-order valence-corrected chi connectivity index (χ2v) is 6.97. The van der Waals surface area contributed by atoms with Crippen LogP contribution in [0.2, 0.25) is 0 Å². The van der Waals surface area contributed by atoms with Crippen LogP contribution in [-0.4, -0.2) is 22.1 Å². The molecular formula is C21H19F4N5O. The molecule has 0 aliphatic rings. The third-order valence-electron chi connectivity index (χ3n) is 4.31. The third-order valence-corrected chi connectivity index (χ3v) is 4.31. The Balaban J connectivity index is 1.98. The predicted molar refractivity (Wildman–Crippen MR) is 110 cm³/mol. The normalized spacial score (nSPS) is 12.0. The number of rotatable bonds is 3. The number of carbonyl (C=O) groups is 1. The van der Waals surface area contributed by atoms with E-state index in [2.05, 4.69) is 20.7 Å². The summed E-state index contributed by atoms with van der Waals surface area (Å²) in [6.07, 6.45) is -4.63. The number of aromatic nitrogens is 2. The van der Waals surface area contributed by atoms with Crippen molar-refractivity contribution in [2.24, 2.45) is 4.99 Å². The van der Waals surface area contributed by atoms with E-state index in [9.17, 15) is 22.4 Å². The molecule has 3 N–H and O–H groups in total. The van der Waals surface area contributed by atoms with Gasteiger partial charge in [-0.05, 0) is 56.7 Å².